The minimum atomic E-state index is -3.66. The second-order valence-corrected chi connectivity index (χ2v) is 9.42. The van der Waals surface area contributed by atoms with Gasteiger partial charge in [-0.25, -0.2) is 13.2 Å². The van der Waals surface area contributed by atoms with Crippen molar-refractivity contribution >= 4 is 15.8 Å². The van der Waals surface area contributed by atoms with E-state index in [9.17, 15) is 18.0 Å². The molecule has 1 saturated heterocycles. The van der Waals surface area contributed by atoms with Crippen LogP contribution >= 0.6 is 0 Å². The van der Waals surface area contributed by atoms with Crippen LogP contribution in [-0.2, 0) is 29.0 Å². The lowest BCUT2D eigenvalue weighted by Gasteiger charge is -2.36. The highest BCUT2D eigenvalue weighted by molar-refractivity contribution is 7.89. The molecule has 0 amide bonds. The van der Waals surface area contributed by atoms with E-state index in [1.54, 1.807) is 25.2 Å². The standard InChI is InChI=1S/C20H29N5O5S/c1-21-18(16-19(26)22(2)20(21)27)25-13-11-24(12-14-25)10-7-15-30-23(3)31(28,29)17-8-5-4-6-9-17/h4-6,8-9,16H,7,10-15H2,1-3H3. The van der Waals surface area contributed by atoms with Crippen LogP contribution in [-0.4, -0.2) is 73.3 Å². The second kappa shape index (κ2) is 9.77. The largest absolute Gasteiger partial charge is 0.355 e. The highest BCUT2D eigenvalue weighted by Crippen LogP contribution is 2.15. The van der Waals surface area contributed by atoms with Gasteiger partial charge in [0.05, 0.1) is 11.5 Å². The Kier molecular flexibility index (Phi) is 7.31. The Bertz CT molecular complexity index is 1110. The number of rotatable bonds is 8. The van der Waals surface area contributed by atoms with E-state index in [2.05, 4.69) is 4.90 Å². The summed E-state index contributed by atoms with van der Waals surface area (Å²) in [5.74, 6) is 0.629. The van der Waals surface area contributed by atoms with Crippen molar-refractivity contribution in [2.45, 2.75) is 11.3 Å². The normalized spacial score (nSPS) is 15.5. The topological polar surface area (TPSA) is 97.1 Å². The SMILES string of the molecule is CN(OCCCN1CCN(c2cc(=O)n(C)c(=O)n2C)CC1)S(=O)(=O)c1ccccc1. The van der Waals surface area contributed by atoms with Crippen LogP contribution < -0.4 is 16.1 Å². The lowest BCUT2D eigenvalue weighted by atomic mass is 10.3. The molecule has 0 aliphatic carbocycles. The lowest BCUT2D eigenvalue weighted by Crippen LogP contribution is -2.49. The van der Waals surface area contributed by atoms with Gasteiger partial charge in [-0.3, -0.25) is 23.7 Å². The zero-order chi connectivity index (χ0) is 22.6. The molecule has 170 valence electrons. The highest BCUT2D eigenvalue weighted by atomic mass is 32.2. The zero-order valence-corrected chi connectivity index (χ0v) is 18.9. The Labute approximate surface area is 181 Å². The summed E-state index contributed by atoms with van der Waals surface area (Å²) in [6.07, 6.45) is 0.680. The molecule has 31 heavy (non-hydrogen) atoms. The van der Waals surface area contributed by atoms with Crippen LogP contribution in [0.4, 0.5) is 5.82 Å². The van der Waals surface area contributed by atoms with Gasteiger partial charge < -0.3 is 4.90 Å². The molecule has 0 radical (unpaired) electrons. The third-order valence-corrected chi connectivity index (χ3v) is 7.12. The summed E-state index contributed by atoms with van der Waals surface area (Å²) in [6.45, 7) is 4.00. The zero-order valence-electron chi connectivity index (χ0n) is 18.1. The van der Waals surface area contributed by atoms with Gasteiger partial charge in [-0.05, 0) is 18.6 Å². The van der Waals surface area contributed by atoms with Crippen LogP contribution in [0.25, 0.3) is 0 Å². The molecule has 1 aliphatic rings. The third-order valence-electron chi connectivity index (χ3n) is 5.47. The maximum absolute atomic E-state index is 12.4. The molecular weight excluding hydrogens is 422 g/mol. The van der Waals surface area contributed by atoms with E-state index in [0.29, 0.717) is 25.3 Å². The maximum atomic E-state index is 12.4. The van der Waals surface area contributed by atoms with Gasteiger partial charge in [0.2, 0.25) is 0 Å². The van der Waals surface area contributed by atoms with E-state index in [4.69, 9.17) is 4.84 Å². The van der Waals surface area contributed by atoms with E-state index >= 15 is 0 Å². The molecule has 11 heteroatoms. The average molecular weight is 452 g/mol. The lowest BCUT2D eigenvalue weighted by molar-refractivity contribution is -0.0676. The molecule has 1 aliphatic heterocycles. The Morgan fingerprint density at radius 3 is 2.29 bits per heavy atom. The van der Waals surface area contributed by atoms with E-state index in [1.807, 2.05) is 4.90 Å². The Balaban J connectivity index is 1.45. The van der Waals surface area contributed by atoms with Gasteiger partial charge in [-0.1, -0.05) is 22.7 Å². The number of hydrogen-bond donors (Lipinski definition) is 0. The van der Waals surface area contributed by atoms with Crippen LogP contribution in [0.5, 0.6) is 0 Å². The summed E-state index contributed by atoms with van der Waals surface area (Å²) in [5.41, 5.74) is -0.649. The summed E-state index contributed by atoms with van der Waals surface area (Å²) in [5, 5.41) is 0. The first-order chi connectivity index (χ1) is 14.7. The summed E-state index contributed by atoms with van der Waals surface area (Å²) < 4.78 is 28.4. The van der Waals surface area contributed by atoms with Crippen molar-refractivity contribution < 1.29 is 13.3 Å². The predicted molar refractivity (Wildman–Crippen MR) is 118 cm³/mol. The number of benzene rings is 1. The van der Waals surface area contributed by atoms with Crippen molar-refractivity contribution in [3.63, 3.8) is 0 Å². The van der Waals surface area contributed by atoms with E-state index in [-0.39, 0.29) is 22.8 Å². The van der Waals surface area contributed by atoms with Crippen LogP contribution in [0.3, 0.4) is 0 Å². The number of hydrogen-bond acceptors (Lipinski definition) is 7. The van der Waals surface area contributed by atoms with Gasteiger partial charge in [0.25, 0.3) is 15.6 Å². The van der Waals surface area contributed by atoms with Crippen molar-refractivity contribution in [3.8, 4) is 0 Å². The van der Waals surface area contributed by atoms with Crippen molar-refractivity contribution in [2.75, 3.05) is 51.3 Å². The molecule has 10 nitrogen and oxygen atoms in total. The number of nitrogens with zero attached hydrogens (tertiary/aromatic N) is 5. The highest BCUT2D eigenvalue weighted by Gasteiger charge is 2.22. The fourth-order valence-electron chi connectivity index (χ4n) is 3.52. The van der Waals surface area contributed by atoms with Crippen molar-refractivity contribution in [1.29, 1.82) is 0 Å². The molecule has 2 aromatic rings. The first-order valence-electron chi connectivity index (χ1n) is 10.1. The Hall–Kier alpha value is -2.47. The van der Waals surface area contributed by atoms with Crippen molar-refractivity contribution in [1.82, 2.24) is 18.5 Å². The molecule has 1 aromatic carbocycles. The monoisotopic (exact) mass is 451 g/mol. The van der Waals surface area contributed by atoms with E-state index < -0.39 is 10.0 Å². The molecular formula is C20H29N5O5S. The molecule has 3 rings (SSSR count). The molecule has 0 N–H and O–H groups in total. The smallest absolute Gasteiger partial charge is 0.332 e. The van der Waals surface area contributed by atoms with Crippen LogP contribution in [0.1, 0.15) is 6.42 Å². The van der Waals surface area contributed by atoms with E-state index in [1.165, 1.54) is 36.9 Å². The minimum Gasteiger partial charge on any atom is -0.355 e. The van der Waals surface area contributed by atoms with Crippen LogP contribution in [0.2, 0.25) is 0 Å². The Morgan fingerprint density at radius 1 is 1.00 bits per heavy atom. The quantitative estimate of drug-likeness (QED) is 0.407. The predicted octanol–water partition coefficient (Wildman–Crippen LogP) is -0.152. The first kappa shape index (κ1) is 23.2. The van der Waals surface area contributed by atoms with Crippen molar-refractivity contribution in [3.05, 3.63) is 57.2 Å². The van der Waals surface area contributed by atoms with Crippen LogP contribution in [0.15, 0.2) is 50.9 Å². The van der Waals surface area contributed by atoms with Gasteiger partial charge in [-0.2, -0.15) is 0 Å². The summed E-state index contributed by atoms with van der Waals surface area (Å²) >= 11 is 0. The molecule has 1 fully saturated rings. The molecule has 0 unspecified atom stereocenters. The molecule has 0 atom stereocenters. The molecule has 1 aromatic heterocycles. The molecule has 2 heterocycles. The maximum Gasteiger partial charge on any atom is 0.332 e. The fraction of sp³-hybridized carbons (Fsp3) is 0.500. The second-order valence-electron chi connectivity index (χ2n) is 7.48. The van der Waals surface area contributed by atoms with Gasteiger partial charge >= 0.3 is 5.69 Å². The average Bonchev–Trinajstić information content (AvgIpc) is 2.78. The van der Waals surface area contributed by atoms with Gasteiger partial charge in [0.15, 0.2) is 0 Å². The van der Waals surface area contributed by atoms with Gasteiger partial charge in [0.1, 0.15) is 5.82 Å². The first-order valence-corrected chi connectivity index (χ1v) is 11.6. The number of piperazine rings is 1. The molecule has 0 bridgehead atoms. The van der Waals surface area contributed by atoms with Gasteiger partial charge in [-0.15, -0.1) is 0 Å². The third kappa shape index (κ3) is 5.24. The summed E-state index contributed by atoms with van der Waals surface area (Å²) in [7, 11) is 0.874. The minimum absolute atomic E-state index is 0.193. The number of sulfonamides is 1. The Morgan fingerprint density at radius 2 is 1.65 bits per heavy atom. The summed E-state index contributed by atoms with van der Waals surface area (Å²) in [4.78, 5) is 34.0. The molecule has 0 saturated carbocycles. The van der Waals surface area contributed by atoms with Crippen molar-refractivity contribution in [2.24, 2.45) is 14.1 Å². The van der Waals surface area contributed by atoms with Gasteiger partial charge in [0, 0.05) is 59.9 Å². The number of anilines is 1. The van der Waals surface area contributed by atoms with E-state index in [0.717, 1.165) is 28.7 Å². The summed E-state index contributed by atoms with van der Waals surface area (Å²) in [6, 6.07) is 9.67. The molecule has 0 spiro atoms. The number of hydroxylamine groups is 1. The fourth-order valence-corrected chi connectivity index (χ4v) is 4.53. The van der Waals surface area contributed by atoms with Crippen LogP contribution in [0, 0.1) is 0 Å². The number of aromatic nitrogens is 2.